The van der Waals surface area contributed by atoms with Crippen molar-refractivity contribution in [1.29, 1.82) is 0 Å². The van der Waals surface area contributed by atoms with E-state index in [0.29, 0.717) is 12.4 Å². The minimum absolute atomic E-state index is 0.636. The molecule has 0 saturated carbocycles. The van der Waals surface area contributed by atoms with Crippen LogP contribution >= 0.6 is 0 Å². The molecule has 1 N–H and O–H groups in total. The van der Waals surface area contributed by atoms with Gasteiger partial charge in [0, 0.05) is 19.2 Å². The summed E-state index contributed by atoms with van der Waals surface area (Å²) in [5.74, 6) is 1.70. The van der Waals surface area contributed by atoms with Crippen LogP contribution in [-0.2, 0) is 6.54 Å². The second kappa shape index (κ2) is 6.43. The van der Waals surface area contributed by atoms with Crippen molar-refractivity contribution < 1.29 is 4.74 Å². The molecule has 2 aromatic rings. The largest absolute Gasteiger partial charge is 0.481 e. The number of aromatic nitrogens is 2. The second-order valence-corrected chi connectivity index (χ2v) is 5.12. The predicted octanol–water partition coefficient (Wildman–Crippen LogP) is 2.70. The van der Waals surface area contributed by atoms with Crippen molar-refractivity contribution >= 4 is 11.5 Å². The first-order chi connectivity index (χ1) is 10.3. The monoisotopic (exact) mass is 284 g/mol. The Morgan fingerprint density at radius 2 is 2.05 bits per heavy atom. The number of anilines is 2. The van der Waals surface area contributed by atoms with Gasteiger partial charge in [-0.3, -0.25) is 0 Å². The second-order valence-electron chi connectivity index (χ2n) is 5.12. The maximum absolute atomic E-state index is 5.12. The van der Waals surface area contributed by atoms with Gasteiger partial charge >= 0.3 is 0 Å². The molecule has 1 fully saturated rings. The van der Waals surface area contributed by atoms with Crippen LogP contribution < -0.4 is 15.0 Å². The van der Waals surface area contributed by atoms with E-state index < -0.39 is 0 Å². The molecular weight excluding hydrogens is 264 g/mol. The minimum Gasteiger partial charge on any atom is -0.481 e. The first-order valence-corrected chi connectivity index (χ1v) is 7.30. The Hall–Kier alpha value is -2.30. The lowest BCUT2D eigenvalue weighted by atomic mass is 10.3. The van der Waals surface area contributed by atoms with E-state index >= 15 is 0 Å². The van der Waals surface area contributed by atoms with E-state index in [9.17, 15) is 0 Å². The Morgan fingerprint density at radius 3 is 2.76 bits per heavy atom. The molecule has 3 heterocycles. The van der Waals surface area contributed by atoms with E-state index in [1.165, 1.54) is 12.8 Å². The van der Waals surface area contributed by atoms with E-state index in [2.05, 4.69) is 32.3 Å². The average Bonchev–Trinajstić information content (AvgIpc) is 3.08. The van der Waals surface area contributed by atoms with Gasteiger partial charge in [0.2, 0.25) is 5.88 Å². The maximum Gasteiger partial charge on any atom is 0.213 e. The van der Waals surface area contributed by atoms with Crippen molar-refractivity contribution in [2.45, 2.75) is 19.4 Å². The number of pyridine rings is 2. The highest BCUT2D eigenvalue weighted by molar-refractivity contribution is 5.49. The molecule has 0 atom stereocenters. The summed E-state index contributed by atoms with van der Waals surface area (Å²) in [6, 6.07) is 9.91. The van der Waals surface area contributed by atoms with Gasteiger partial charge in [-0.05, 0) is 31.0 Å². The summed E-state index contributed by atoms with van der Waals surface area (Å²) in [5, 5.41) is 3.33. The third-order valence-electron chi connectivity index (χ3n) is 3.64. The number of ether oxygens (including phenoxy) is 1. The number of hydrogen-bond acceptors (Lipinski definition) is 5. The molecule has 0 aromatic carbocycles. The third-order valence-corrected chi connectivity index (χ3v) is 3.64. The molecule has 5 nitrogen and oxygen atoms in total. The molecule has 110 valence electrons. The molecule has 1 saturated heterocycles. The number of rotatable bonds is 5. The quantitative estimate of drug-likeness (QED) is 0.915. The van der Waals surface area contributed by atoms with Crippen LogP contribution in [0.1, 0.15) is 18.5 Å². The fourth-order valence-corrected chi connectivity index (χ4v) is 2.49. The van der Waals surface area contributed by atoms with Crippen LogP contribution in [0.5, 0.6) is 5.88 Å². The predicted molar refractivity (Wildman–Crippen MR) is 83.8 cm³/mol. The molecule has 2 aromatic heterocycles. The van der Waals surface area contributed by atoms with Crippen molar-refractivity contribution in [2.75, 3.05) is 30.4 Å². The van der Waals surface area contributed by atoms with E-state index in [0.717, 1.165) is 30.3 Å². The maximum atomic E-state index is 5.12. The Morgan fingerprint density at radius 1 is 1.19 bits per heavy atom. The normalized spacial score (nSPS) is 14.2. The van der Waals surface area contributed by atoms with Crippen LogP contribution in [0.2, 0.25) is 0 Å². The van der Waals surface area contributed by atoms with Gasteiger partial charge in [-0.25, -0.2) is 9.97 Å². The van der Waals surface area contributed by atoms with E-state index in [1.54, 1.807) is 7.11 Å². The van der Waals surface area contributed by atoms with Gasteiger partial charge < -0.3 is 15.0 Å². The van der Waals surface area contributed by atoms with Crippen LogP contribution in [-0.4, -0.2) is 30.2 Å². The van der Waals surface area contributed by atoms with Gasteiger partial charge in [-0.1, -0.05) is 6.07 Å². The summed E-state index contributed by atoms with van der Waals surface area (Å²) in [4.78, 5) is 11.2. The summed E-state index contributed by atoms with van der Waals surface area (Å²) < 4.78 is 5.12. The molecule has 0 spiro atoms. The zero-order chi connectivity index (χ0) is 14.5. The summed E-state index contributed by atoms with van der Waals surface area (Å²) in [6.07, 6.45) is 4.42. The Labute approximate surface area is 125 Å². The first-order valence-electron chi connectivity index (χ1n) is 7.30. The lowest BCUT2D eigenvalue weighted by molar-refractivity contribution is 0.396. The molecule has 0 bridgehead atoms. The fraction of sp³-hybridized carbons (Fsp3) is 0.375. The van der Waals surface area contributed by atoms with Crippen LogP contribution in [0, 0.1) is 0 Å². The van der Waals surface area contributed by atoms with Crippen molar-refractivity contribution in [3.8, 4) is 5.88 Å². The topological polar surface area (TPSA) is 50.3 Å². The molecule has 0 amide bonds. The van der Waals surface area contributed by atoms with Crippen molar-refractivity contribution in [3.63, 3.8) is 0 Å². The Balaban J connectivity index is 1.59. The van der Waals surface area contributed by atoms with Gasteiger partial charge in [-0.15, -0.1) is 0 Å². The standard InChI is InChI=1S/C16H20N4O/c1-21-16-6-4-5-14(19-16)12-17-13-7-8-15(18-11-13)20-9-2-3-10-20/h4-8,11,17H,2-3,9-10,12H2,1H3. The zero-order valence-electron chi connectivity index (χ0n) is 12.2. The van der Waals surface area contributed by atoms with E-state index in [1.807, 2.05) is 24.4 Å². The zero-order valence-corrected chi connectivity index (χ0v) is 12.2. The summed E-state index contributed by atoms with van der Waals surface area (Å²) in [5.41, 5.74) is 1.94. The lowest BCUT2D eigenvalue weighted by Crippen LogP contribution is -2.18. The van der Waals surface area contributed by atoms with Crippen LogP contribution in [0.3, 0.4) is 0 Å². The molecule has 0 aliphatic carbocycles. The van der Waals surface area contributed by atoms with E-state index in [-0.39, 0.29) is 0 Å². The Bertz CT molecular complexity index is 579. The molecule has 0 unspecified atom stereocenters. The molecule has 0 radical (unpaired) electrons. The Kier molecular flexibility index (Phi) is 4.19. The fourth-order valence-electron chi connectivity index (χ4n) is 2.49. The summed E-state index contributed by atoms with van der Waals surface area (Å²) in [6.45, 7) is 2.89. The number of methoxy groups -OCH3 is 1. The molecular formula is C16H20N4O. The van der Waals surface area contributed by atoms with Gasteiger partial charge in [0.1, 0.15) is 5.82 Å². The lowest BCUT2D eigenvalue weighted by Gasteiger charge is -2.16. The van der Waals surface area contributed by atoms with Crippen LogP contribution in [0.15, 0.2) is 36.5 Å². The van der Waals surface area contributed by atoms with Crippen LogP contribution in [0.25, 0.3) is 0 Å². The highest BCUT2D eigenvalue weighted by atomic mass is 16.5. The van der Waals surface area contributed by atoms with Crippen molar-refractivity contribution in [2.24, 2.45) is 0 Å². The van der Waals surface area contributed by atoms with Gasteiger partial charge in [0.15, 0.2) is 0 Å². The summed E-state index contributed by atoms with van der Waals surface area (Å²) >= 11 is 0. The highest BCUT2D eigenvalue weighted by Crippen LogP contribution is 2.19. The minimum atomic E-state index is 0.636. The van der Waals surface area contributed by atoms with E-state index in [4.69, 9.17) is 4.74 Å². The van der Waals surface area contributed by atoms with Gasteiger partial charge in [-0.2, -0.15) is 0 Å². The smallest absolute Gasteiger partial charge is 0.213 e. The summed E-state index contributed by atoms with van der Waals surface area (Å²) in [7, 11) is 1.63. The van der Waals surface area contributed by atoms with Crippen LogP contribution in [0.4, 0.5) is 11.5 Å². The molecule has 5 heteroatoms. The van der Waals surface area contributed by atoms with Crippen molar-refractivity contribution in [1.82, 2.24) is 9.97 Å². The molecule has 1 aliphatic rings. The third kappa shape index (κ3) is 3.42. The molecule has 3 rings (SSSR count). The molecule has 1 aliphatic heterocycles. The first kappa shape index (κ1) is 13.7. The number of nitrogens with zero attached hydrogens (tertiary/aromatic N) is 3. The van der Waals surface area contributed by atoms with Gasteiger partial charge in [0.25, 0.3) is 0 Å². The molecule has 21 heavy (non-hydrogen) atoms. The SMILES string of the molecule is COc1cccc(CNc2ccc(N3CCCC3)nc2)n1. The van der Waals surface area contributed by atoms with Gasteiger partial charge in [0.05, 0.1) is 31.2 Å². The number of nitrogens with one attached hydrogen (secondary N) is 1. The average molecular weight is 284 g/mol. The highest BCUT2D eigenvalue weighted by Gasteiger charge is 2.12. The number of hydrogen-bond donors (Lipinski definition) is 1. The van der Waals surface area contributed by atoms with Crippen molar-refractivity contribution in [3.05, 3.63) is 42.2 Å².